The molecule has 236 valence electrons. The minimum absolute atomic E-state index is 0.207. The number of aryl methyl sites for hydroxylation is 1. The van der Waals surface area contributed by atoms with Crippen molar-refractivity contribution in [3.63, 3.8) is 0 Å². The van der Waals surface area contributed by atoms with Crippen molar-refractivity contribution in [3.8, 4) is 11.3 Å². The summed E-state index contributed by atoms with van der Waals surface area (Å²) >= 11 is 0. The van der Waals surface area contributed by atoms with Crippen LogP contribution in [0.5, 0.6) is 0 Å². The number of aromatic nitrogens is 3. The molecule has 47 heavy (non-hydrogen) atoms. The maximum atomic E-state index is 13.1. The average molecular weight is 627 g/mol. The summed E-state index contributed by atoms with van der Waals surface area (Å²) in [5.74, 6) is -0.00949. The number of nitrogens with zero attached hydrogens (tertiary/aromatic N) is 5. The summed E-state index contributed by atoms with van der Waals surface area (Å²) in [4.78, 5) is 53.5. The van der Waals surface area contributed by atoms with Crippen molar-refractivity contribution in [2.75, 3.05) is 29.1 Å². The fourth-order valence-electron chi connectivity index (χ4n) is 5.28. The van der Waals surface area contributed by atoms with Crippen molar-refractivity contribution < 1.29 is 14.4 Å². The van der Waals surface area contributed by atoms with Gasteiger partial charge >= 0.3 is 6.03 Å². The summed E-state index contributed by atoms with van der Waals surface area (Å²) in [7, 11) is 2.03. The van der Waals surface area contributed by atoms with E-state index in [1.54, 1.807) is 23.5 Å². The number of anilines is 4. The summed E-state index contributed by atoms with van der Waals surface area (Å²) in [6, 6.07) is 26.2. The topological polar surface area (TPSA) is 132 Å². The molecule has 3 heterocycles. The highest BCUT2D eigenvalue weighted by Gasteiger charge is 2.24. The maximum absolute atomic E-state index is 13.1. The van der Waals surface area contributed by atoms with E-state index in [1.807, 2.05) is 98.9 Å². The maximum Gasteiger partial charge on any atom is 0.328 e. The second-order valence-electron chi connectivity index (χ2n) is 11.4. The third-order valence-corrected chi connectivity index (χ3v) is 7.78. The van der Waals surface area contributed by atoms with Gasteiger partial charge in [-0.1, -0.05) is 30.3 Å². The SMILES string of the molecule is Cc1ccc(NC(=O)c2ccc(CN(C)Cc3ccc(N4CCC(=O)NC4=O)cc3)cc2)cc1Nc1nccc(-c2cccnc2)n1. The Bertz CT molecular complexity index is 1900. The van der Waals surface area contributed by atoms with Crippen molar-refractivity contribution in [2.45, 2.75) is 26.4 Å². The zero-order valence-corrected chi connectivity index (χ0v) is 26.1. The summed E-state index contributed by atoms with van der Waals surface area (Å²) in [6.45, 7) is 3.75. The van der Waals surface area contributed by atoms with Crippen LogP contribution in [0.3, 0.4) is 0 Å². The van der Waals surface area contributed by atoms with Gasteiger partial charge in [-0.2, -0.15) is 0 Å². The van der Waals surface area contributed by atoms with Gasteiger partial charge in [-0.05, 0) is 85.3 Å². The van der Waals surface area contributed by atoms with Crippen molar-refractivity contribution in [3.05, 3.63) is 126 Å². The number of pyridine rings is 1. The van der Waals surface area contributed by atoms with Gasteiger partial charge in [-0.25, -0.2) is 14.8 Å². The molecule has 0 bridgehead atoms. The van der Waals surface area contributed by atoms with Crippen LogP contribution in [-0.2, 0) is 17.9 Å². The molecule has 11 nitrogen and oxygen atoms in total. The van der Waals surface area contributed by atoms with Gasteiger partial charge in [-0.3, -0.25) is 29.7 Å². The number of hydrogen-bond acceptors (Lipinski definition) is 8. The van der Waals surface area contributed by atoms with Crippen LogP contribution in [0.25, 0.3) is 11.3 Å². The lowest BCUT2D eigenvalue weighted by Crippen LogP contribution is -2.49. The molecule has 4 amide bonds. The molecule has 0 unspecified atom stereocenters. The zero-order chi connectivity index (χ0) is 32.8. The Morgan fingerprint density at radius 1 is 0.936 bits per heavy atom. The summed E-state index contributed by atoms with van der Waals surface area (Å²) < 4.78 is 0. The number of imide groups is 1. The first-order valence-electron chi connectivity index (χ1n) is 15.2. The van der Waals surface area contributed by atoms with Crippen LogP contribution in [0, 0.1) is 6.92 Å². The molecule has 6 rings (SSSR count). The van der Waals surface area contributed by atoms with Gasteiger partial charge in [0.05, 0.1) is 5.69 Å². The normalized spacial score (nSPS) is 13.0. The van der Waals surface area contributed by atoms with Crippen LogP contribution in [0.1, 0.15) is 33.5 Å². The van der Waals surface area contributed by atoms with Gasteiger partial charge in [0, 0.05) is 72.8 Å². The van der Waals surface area contributed by atoms with E-state index in [4.69, 9.17) is 0 Å². The first-order chi connectivity index (χ1) is 22.8. The predicted octanol–water partition coefficient (Wildman–Crippen LogP) is 5.92. The smallest absolute Gasteiger partial charge is 0.324 e. The molecule has 0 saturated carbocycles. The van der Waals surface area contributed by atoms with Crippen LogP contribution < -0.4 is 20.9 Å². The summed E-state index contributed by atoms with van der Waals surface area (Å²) in [5, 5.41) is 8.61. The Morgan fingerprint density at radius 3 is 2.38 bits per heavy atom. The van der Waals surface area contributed by atoms with Gasteiger partial charge in [0.2, 0.25) is 11.9 Å². The largest absolute Gasteiger partial charge is 0.328 e. The lowest BCUT2D eigenvalue weighted by Gasteiger charge is -2.26. The highest BCUT2D eigenvalue weighted by molar-refractivity contribution is 6.05. The molecule has 0 radical (unpaired) electrons. The molecule has 1 fully saturated rings. The second kappa shape index (κ2) is 14.0. The van der Waals surface area contributed by atoms with Crippen molar-refractivity contribution in [2.24, 2.45) is 0 Å². The molecule has 3 aromatic carbocycles. The van der Waals surface area contributed by atoms with E-state index in [2.05, 4.69) is 35.8 Å². The minimum Gasteiger partial charge on any atom is -0.324 e. The van der Waals surface area contributed by atoms with Crippen molar-refractivity contribution >= 4 is 40.9 Å². The molecule has 2 aromatic heterocycles. The van der Waals surface area contributed by atoms with Crippen molar-refractivity contribution in [1.29, 1.82) is 0 Å². The number of amides is 4. The highest BCUT2D eigenvalue weighted by Crippen LogP contribution is 2.25. The zero-order valence-electron chi connectivity index (χ0n) is 26.1. The standard InChI is InChI=1S/C36H34N8O3/c1-24-5-12-29(20-32(24)41-35-38-18-15-31(40-35)28-4-3-17-37-21-28)39-34(46)27-10-6-25(7-11-27)22-43(2)23-26-8-13-30(14-9-26)44-19-16-33(45)42-36(44)47/h3-15,17-18,20-21H,16,19,22-23H2,1-2H3,(H,39,46)(H,38,40,41)(H,42,45,47). The monoisotopic (exact) mass is 626 g/mol. The molecule has 0 atom stereocenters. The predicted molar refractivity (Wildman–Crippen MR) is 181 cm³/mol. The van der Waals surface area contributed by atoms with Crippen molar-refractivity contribution in [1.82, 2.24) is 25.2 Å². The molecular formula is C36H34N8O3. The molecule has 3 N–H and O–H groups in total. The number of urea groups is 1. The average Bonchev–Trinajstić information content (AvgIpc) is 3.07. The van der Waals surface area contributed by atoms with Gasteiger partial charge in [0.1, 0.15) is 0 Å². The number of nitrogens with one attached hydrogen (secondary N) is 3. The van der Waals surface area contributed by atoms with Gasteiger partial charge in [0.15, 0.2) is 0 Å². The van der Waals surface area contributed by atoms with Crippen LogP contribution in [-0.4, -0.2) is 51.3 Å². The number of carbonyl (C=O) groups excluding carboxylic acids is 3. The molecule has 11 heteroatoms. The van der Waals surface area contributed by atoms with Gasteiger partial charge < -0.3 is 10.6 Å². The third kappa shape index (κ3) is 7.84. The van der Waals surface area contributed by atoms with Crippen LogP contribution >= 0.6 is 0 Å². The highest BCUT2D eigenvalue weighted by atomic mass is 16.2. The number of carbonyl (C=O) groups is 3. The Morgan fingerprint density at radius 2 is 1.68 bits per heavy atom. The fourth-order valence-corrected chi connectivity index (χ4v) is 5.28. The summed E-state index contributed by atoms with van der Waals surface area (Å²) in [5.41, 5.74) is 7.55. The second-order valence-corrected chi connectivity index (χ2v) is 11.4. The lowest BCUT2D eigenvalue weighted by molar-refractivity contribution is -0.120. The van der Waals surface area contributed by atoms with E-state index in [1.165, 1.54) is 0 Å². The number of benzene rings is 3. The Labute approximate surface area is 272 Å². The van der Waals surface area contributed by atoms with E-state index in [0.29, 0.717) is 43.3 Å². The molecule has 0 spiro atoms. The van der Waals surface area contributed by atoms with E-state index in [9.17, 15) is 14.4 Å². The van der Waals surface area contributed by atoms with Crippen LogP contribution in [0.4, 0.5) is 27.8 Å². The van der Waals surface area contributed by atoms with E-state index in [-0.39, 0.29) is 11.8 Å². The third-order valence-electron chi connectivity index (χ3n) is 7.78. The Hall–Kier alpha value is -5.94. The van der Waals surface area contributed by atoms with Gasteiger partial charge in [-0.15, -0.1) is 0 Å². The quantitative estimate of drug-likeness (QED) is 0.174. The number of rotatable bonds is 10. The first-order valence-corrected chi connectivity index (χ1v) is 15.2. The van der Waals surface area contributed by atoms with E-state index < -0.39 is 6.03 Å². The molecular weight excluding hydrogens is 592 g/mol. The van der Waals surface area contributed by atoms with Gasteiger partial charge in [0.25, 0.3) is 5.91 Å². The number of hydrogen-bond donors (Lipinski definition) is 3. The van der Waals surface area contributed by atoms with E-state index >= 15 is 0 Å². The van der Waals surface area contributed by atoms with E-state index in [0.717, 1.165) is 39.3 Å². The molecule has 1 aliphatic heterocycles. The Balaban J connectivity index is 1.03. The first kappa shape index (κ1) is 31.1. The van der Waals surface area contributed by atoms with Crippen LogP contribution in [0.15, 0.2) is 104 Å². The molecule has 5 aromatic rings. The fraction of sp³-hybridized carbons (Fsp3) is 0.167. The minimum atomic E-state index is -0.391. The molecule has 0 aliphatic carbocycles. The molecule has 1 aliphatic rings. The van der Waals surface area contributed by atoms with Crippen LogP contribution in [0.2, 0.25) is 0 Å². The lowest BCUT2D eigenvalue weighted by atomic mass is 10.1. The Kier molecular flexibility index (Phi) is 9.26. The molecule has 1 saturated heterocycles. The summed E-state index contributed by atoms with van der Waals surface area (Å²) in [6.07, 6.45) is 5.46.